The van der Waals surface area contributed by atoms with E-state index in [0.29, 0.717) is 4.31 Å². The molecule has 2 N–H and O–H groups in total. The number of hydrogen-bond acceptors (Lipinski definition) is 4. The predicted octanol–water partition coefficient (Wildman–Crippen LogP) is 0.279. The van der Waals surface area contributed by atoms with Crippen LogP contribution in [0.1, 0.15) is 5.56 Å². The van der Waals surface area contributed by atoms with Crippen molar-refractivity contribution < 1.29 is 27.4 Å². The number of hydrogen-bond donors (Lipinski definition) is 2. The molecule has 0 aliphatic heterocycles. The van der Waals surface area contributed by atoms with E-state index in [4.69, 9.17) is 10.2 Å². The van der Waals surface area contributed by atoms with Crippen molar-refractivity contribution >= 4 is 10.0 Å². The third-order valence-electron chi connectivity index (χ3n) is 2.50. The summed E-state index contributed by atoms with van der Waals surface area (Å²) in [6, 6.07) is 5.64. The SMILES string of the molecule is O=S(=O)(c1ccccc1C#CCO)N(CCO)CC(F)F. The zero-order valence-electron chi connectivity index (χ0n) is 11.0. The Bertz CT molecular complexity index is 623. The van der Waals surface area contributed by atoms with Gasteiger partial charge in [0.1, 0.15) is 6.61 Å². The van der Waals surface area contributed by atoms with Crippen LogP contribution in [0.4, 0.5) is 8.78 Å². The summed E-state index contributed by atoms with van der Waals surface area (Å²) < 4.78 is 50.3. The van der Waals surface area contributed by atoms with Crippen LogP contribution in [0.2, 0.25) is 0 Å². The molecule has 0 radical (unpaired) electrons. The van der Waals surface area contributed by atoms with E-state index < -0.39 is 42.8 Å². The lowest BCUT2D eigenvalue weighted by Crippen LogP contribution is -2.37. The molecule has 0 aliphatic rings. The minimum atomic E-state index is -4.21. The van der Waals surface area contributed by atoms with E-state index in [2.05, 4.69) is 11.8 Å². The van der Waals surface area contributed by atoms with Gasteiger partial charge < -0.3 is 10.2 Å². The summed E-state index contributed by atoms with van der Waals surface area (Å²) in [7, 11) is -4.21. The van der Waals surface area contributed by atoms with Crippen molar-refractivity contribution in [2.45, 2.75) is 11.3 Å². The number of benzene rings is 1. The Morgan fingerprint density at radius 2 is 1.90 bits per heavy atom. The van der Waals surface area contributed by atoms with Crippen LogP contribution in [0.15, 0.2) is 29.2 Å². The zero-order valence-corrected chi connectivity index (χ0v) is 11.9. The molecule has 0 saturated heterocycles. The standard InChI is InChI=1S/C13H15F2NO4S/c14-13(15)10-16(7-9-18)21(19,20)12-6-2-1-4-11(12)5-3-8-17/h1-2,4,6,13,17-18H,7-10H2. The van der Waals surface area contributed by atoms with E-state index >= 15 is 0 Å². The average Bonchev–Trinajstić information content (AvgIpc) is 2.44. The van der Waals surface area contributed by atoms with Crippen LogP contribution in [0.3, 0.4) is 0 Å². The van der Waals surface area contributed by atoms with E-state index in [1.54, 1.807) is 6.07 Å². The number of rotatable bonds is 6. The van der Waals surface area contributed by atoms with Crippen molar-refractivity contribution in [2.75, 3.05) is 26.3 Å². The summed E-state index contributed by atoms with van der Waals surface area (Å²) in [6.45, 7) is -2.47. The van der Waals surface area contributed by atoms with Crippen molar-refractivity contribution in [1.29, 1.82) is 0 Å². The van der Waals surface area contributed by atoms with Gasteiger partial charge in [0.15, 0.2) is 0 Å². The van der Waals surface area contributed by atoms with Gasteiger partial charge in [-0.25, -0.2) is 17.2 Å². The van der Waals surface area contributed by atoms with E-state index in [0.717, 1.165) is 0 Å². The molecule has 1 rings (SSSR count). The van der Waals surface area contributed by atoms with Crippen molar-refractivity contribution in [3.63, 3.8) is 0 Å². The highest BCUT2D eigenvalue weighted by Crippen LogP contribution is 2.20. The Hall–Kier alpha value is -1.53. The molecule has 0 heterocycles. The number of alkyl halides is 2. The van der Waals surface area contributed by atoms with Gasteiger partial charge in [-0.15, -0.1) is 0 Å². The van der Waals surface area contributed by atoms with Crippen LogP contribution in [-0.4, -0.2) is 55.7 Å². The molecule has 116 valence electrons. The lowest BCUT2D eigenvalue weighted by Gasteiger charge is -2.21. The van der Waals surface area contributed by atoms with Crippen LogP contribution < -0.4 is 0 Å². The molecule has 0 aliphatic carbocycles. The van der Waals surface area contributed by atoms with Crippen molar-refractivity contribution in [3.05, 3.63) is 29.8 Å². The van der Waals surface area contributed by atoms with Gasteiger partial charge in [0.05, 0.1) is 18.0 Å². The molecular weight excluding hydrogens is 304 g/mol. The molecule has 0 atom stereocenters. The second kappa shape index (κ2) is 8.05. The number of halogens is 2. The van der Waals surface area contributed by atoms with Gasteiger partial charge >= 0.3 is 0 Å². The van der Waals surface area contributed by atoms with Crippen molar-refractivity contribution in [3.8, 4) is 11.8 Å². The largest absolute Gasteiger partial charge is 0.395 e. The lowest BCUT2D eigenvalue weighted by atomic mass is 10.2. The quantitative estimate of drug-likeness (QED) is 0.738. The molecule has 0 bridgehead atoms. The Morgan fingerprint density at radius 3 is 2.48 bits per heavy atom. The maximum atomic E-state index is 12.5. The van der Waals surface area contributed by atoms with E-state index in [1.165, 1.54) is 18.2 Å². The topological polar surface area (TPSA) is 77.8 Å². The first-order valence-electron chi connectivity index (χ1n) is 6.01. The molecule has 0 amide bonds. The van der Waals surface area contributed by atoms with Gasteiger partial charge in [-0.1, -0.05) is 24.0 Å². The molecule has 5 nitrogen and oxygen atoms in total. The highest BCUT2D eigenvalue weighted by Gasteiger charge is 2.28. The van der Waals surface area contributed by atoms with Gasteiger partial charge in [-0.05, 0) is 12.1 Å². The summed E-state index contributed by atoms with van der Waals surface area (Å²) in [4.78, 5) is -0.236. The fraction of sp³-hybridized carbons (Fsp3) is 0.385. The van der Waals surface area contributed by atoms with Crippen LogP contribution in [0.25, 0.3) is 0 Å². The van der Waals surface area contributed by atoms with Crippen molar-refractivity contribution in [1.82, 2.24) is 4.31 Å². The monoisotopic (exact) mass is 319 g/mol. The van der Waals surface area contributed by atoms with Gasteiger partial charge in [-0.2, -0.15) is 4.31 Å². The van der Waals surface area contributed by atoms with Gasteiger partial charge in [0, 0.05) is 12.1 Å². The summed E-state index contributed by atoms with van der Waals surface area (Å²) in [5.41, 5.74) is 0.101. The predicted molar refractivity (Wildman–Crippen MR) is 72.3 cm³/mol. The molecular formula is C13H15F2NO4S. The van der Waals surface area contributed by atoms with Crippen LogP contribution in [0, 0.1) is 11.8 Å². The Morgan fingerprint density at radius 1 is 1.24 bits per heavy atom. The maximum Gasteiger partial charge on any atom is 0.252 e. The number of aliphatic hydroxyl groups excluding tert-OH is 2. The molecule has 0 aromatic heterocycles. The number of nitrogens with zero attached hydrogens (tertiary/aromatic N) is 1. The van der Waals surface area contributed by atoms with Gasteiger partial charge in [0.2, 0.25) is 10.0 Å². The van der Waals surface area contributed by atoms with Crippen LogP contribution in [0.5, 0.6) is 0 Å². The van der Waals surface area contributed by atoms with E-state index in [9.17, 15) is 17.2 Å². The first kappa shape index (κ1) is 17.5. The number of aliphatic hydroxyl groups is 2. The van der Waals surface area contributed by atoms with E-state index in [1.807, 2.05) is 0 Å². The van der Waals surface area contributed by atoms with Crippen molar-refractivity contribution in [2.24, 2.45) is 0 Å². The molecule has 0 saturated carbocycles. The molecule has 0 unspecified atom stereocenters. The third-order valence-corrected chi connectivity index (χ3v) is 4.42. The highest BCUT2D eigenvalue weighted by atomic mass is 32.2. The zero-order chi connectivity index (χ0) is 15.9. The lowest BCUT2D eigenvalue weighted by molar-refractivity contribution is 0.113. The smallest absolute Gasteiger partial charge is 0.252 e. The minimum Gasteiger partial charge on any atom is -0.395 e. The summed E-state index contributed by atoms with van der Waals surface area (Å²) >= 11 is 0. The second-order valence-corrected chi connectivity index (χ2v) is 5.84. The second-order valence-electron chi connectivity index (χ2n) is 3.93. The first-order chi connectivity index (χ1) is 9.93. The molecule has 0 spiro atoms. The first-order valence-corrected chi connectivity index (χ1v) is 7.45. The fourth-order valence-corrected chi connectivity index (χ4v) is 3.20. The maximum absolute atomic E-state index is 12.5. The third kappa shape index (κ3) is 4.75. The Balaban J connectivity index is 3.27. The molecule has 1 aromatic carbocycles. The molecule has 8 heteroatoms. The van der Waals surface area contributed by atoms with Gasteiger partial charge in [-0.3, -0.25) is 0 Å². The van der Waals surface area contributed by atoms with Crippen LogP contribution >= 0.6 is 0 Å². The number of sulfonamides is 1. The average molecular weight is 319 g/mol. The Labute approximate surface area is 121 Å². The molecule has 21 heavy (non-hydrogen) atoms. The normalized spacial score (nSPS) is 11.5. The summed E-state index contributed by atoms with van der Waals surface area (Å²) in [6.07, 6.45) is -2.86. The Kier molecular flexibility index (Phi) is 6.71. The van der Waals surface area contributed by atoms with Gasteiger partial charge in [0.25, 0.3) is 6.43 Å². The highest BCUT2D eigenvalue weighted by molar-refractivity contribution is 7.89. The fourth-order valence-electron chi connectivity index (χ4n) is 1.64. The summed E-state index contributed by atoms with van der Waals surface area (Å²) in [5.74, 6) is 4.78. The molecule has 1 aromatic rings. The van der Waals surface area contributed by atoms with Crippen LogP contribution in [-0.2, 0) is 10.0 Å². The van der Waals surface area contributed by atoms with E-state index in [-0.39, 0.29) is 10.5 Å². The summed E-state index contributed by atoms with van der Waals surface area (Å²) in [5, 5.41) is 17.5. The molecule has 0 fully saturated rings. The minimum absolute atomic E-state index is 0.101.